The fourth-order valence-corrected chi connectivity index (χ4v) is 3.33. The Kier molecular flexibility index (Phi) is 6.03. The SMILES string of the molecule is COc1cc(NC(=Nc2ccccc2)Nc2ccc3c(c2)C=CC(C)(C)O3)cc(OC)c1. The molecule has 1 aliphatic heterocycles. The number of guanidine groups is 1. The van der Waals surface area contributed by atoms with Gasteiger partial charge in [-0.05, 0) is 50.3 Å². The van der Waals surface area contributed by atoms with Gasteiger partial charge in [0.1, 0.15) is 22.8 Å². The molecule has 0 saturated heterocycles. The molecule has 0 fully saturated rings. The molecule has 0 atom stereocenters. The van der Waals surface area contributed by atoms with Crippen LogP contribution in [0.5, 0.6) is 17.2 Å². The molecule has 1 heterocycles. The van der Waals surface area contributed by atoms with Gasteiger partial charge in [-0.15, -0.1) is 0 Å². The quantitative estimate of drug-likeness (QED) is 0.379. The molecule has 6 nitrogen and oxygen atoms in total. The number of benzene rings is 3. The van der Waals surface area contributed by atoms with Crippen molar-refractivity contribution in [2.45, 2.75) is 19.4 Å². The molecular weight excluding hydrogens is 402 g/mol. The van der Waals surface area contributed by atoms with Crippen LogP contribution >= 0.6 is 0 Å². The number of fused-ring (bicyclic) bond motifs is 1. The minimum Gasteiger partial charge on any atom is -0.497 e. The molecule has 6 heteroatoms. The first kappa shape index (κ1) is 21.3. The molecule has 2 N–H and O–H groups in total. The van der Waals surface area contributed by atoms with Crippen molar-refractivity contribution < 1.29 is 14.2 Å². The van der Waals surface area contributed by atoms with Crippen molar-refractivity contribution in [3.05, 3.63) is 78.4 Å². The van der Waals surface area contributed by atoms with E-state index in [4.69, 9.17) is 19.2 Å². The Morgan fingerprint density at radius 2 is 1.53 bits per heavy atom. The molecule has 0 radical (unpaired) electrons. The van der Waals surface area contributed by atoms with E-state index in [0.717, 1.165) is 28.4 Å². The van der Waals surface area contributed by atoms with Crippen LogP contribution in [0.25, 0.3) is 6.08 Å². The summed E-state index contributed by atoms with van der Waals surface area (Å²) in [6.07, 6.45) is 4.14. The van der Waals surface area contributed by atoms with Crippen LogP contribution in [0.4, 0.5) is 17.1 Å². The molecular formula is C26H27N3O3. The maximum Gasteiger partial charge on any atom is 0.205 e. The van der Waals surface area contributed by atoms with E-state index in [-0.39, 0.29) is 5.60 Å². The average Bonchev–Trinajstić information content (AvgIpc) is 2.79. The highest BCUT2D eigenvalue weighted by molar-refractivity contribution is 6.05. The number of ether oxygens (including phenoxy) is 3. The van der Waals surface area contributed by atoms with Crippen molar-refractivity contribution in [2.24, 2.45) is 4.99 Å². The van der Waals surface area contributed by atoms with E-state index in [9.17, 15) is 0 Å². The van der Waals surface area contributed by atoms with Gasteiger partial charge in [0.25, 0.3) is 0 Å². The molecule has 0 amide bonds. The van der Waals surface area contributed by atoms with Crippen LogP contribution in [0.1, 0.15) is 19.4 Å². The first-order valence-corrected chi connectivity index (χ1v) is 10.4. The van der Waals surface area contributed by atoms with Crippen LogP contribution in [-0.2, 0) is 0 Å². The van der Waals surface area contributed by atoms with Crippen LogP contribution in [0.15, 0.2) is 77.8 Å². The average molecular weight is 430 g/mol. The number of hydrogen-bond acceptors (Lipinski definition) is 4. The summed E-state index contributed by atoms with van der Waals surface area (Å²) in [6.45, 7) is 4.07. The maximum absolute atomic E-state index is 6.03. The lowest BCUT2D eigenvalue weighted by Crippen LogP contribution is -2.27. The number of nitrogens with zero attached hydrogens (tertiary/aromatic N) is 1. The maximum atomic E-state index is 6.03. The number of nitrogens with one attached hydrogen (secondary N) is 2. The molecule has 32 heavy (non-hydrogen) atoms. The molecule has 3 aromatic rings. The van der Waals surface area contributed by atoms with Gasteiger partial charge in [0.2, 0.25) is 5.96 Å². The lowest BCUT2D eigenvalue weighted by molar-refractivity contribution is 0.159. The normalized spacial score (nSPS) is 14.2. The number of anilines is 2. The summed E-state index contributed by atoms with van der Waals surface area (Å²) in [5.74, 6) is 2.79. The highest BCUT2D eigenvalue weighted by atomic mass is 16.5. The Bertz CT molecular complexity index is 1130. The third kappa shape index (κ3) is 5.21. The summed E-state index contributed by atoms with van der Waals surface area (Å²) < 4.78 is 16.8. The van der Waals surface area contributed by atoms with Crippen molar-refractivity contribution in [1.29, 1.82) is 0 Å². The summed E-state index contributed by atoms with van der Waals surface area (Å²) in [5.41, 5.74) is 3.19. The number of para-hydroxylation sites is 1. The lowest BCUT2D eigenvalue weighted by atomic mass is 10.0. The Labute approximate surface area is 188 Å². The van der Waals surface area contributed by atoms with Crippen molar-refractivity contribution in [3.8, 4) is 17.2 Å². The summed E-state index contributed by atoms with van der Waals surface area (Å²) >= 11 is 0. The standard InChI is InChI=1S/C26H27N3O3/c1-26(2)13-12-18-14-20(10-11-24(18)32-26)28-25(27-19-8-6-5-7-9-19)29-21-15-22(30-3)17-23(16-21)31-4/h5-17H,1-4H3,(H2,27,28,29). The molecule has 0 bridgehead atoms. The van der Waals surface area contributed by atoms with Gasteiger partial charge < -0.3 is 24.8 Å². The summed E-state index contributed by atoms with van der Waals surface area (Å²) in [5, 5.41) is 6.74. The van der Waals surface area contributed by atoms with E-state index < -0.39 is 0 Å². The Hall–Kier alpha value is -3.93. The van der Waals surface area contributed by atoms with E-state index in [2.05, 4.69) is 22.8 Å². The van der Waals surface area contributed by atoms with Gasteiger partial charge in [0.15, 0.2) is 0 Å². The van der Waals surface area contributed by atoms with Gasteiger partial charge in [-0.1, -0.05) is 24.3 Å². The highest BCUT2D eigenvalue weighted by Crippen LogP contribution is 2.33. The van der Waals surface area contributed by atoms with Gasteiger partial charge in [-0.3, -0.25) is 0 Å². The molecule has 0 spiro atoms. The zero-order chi connectivity index (χ0) is 22.6. The second-order valence-corrected chi connectivity index (χ2v) is 7.94. The van der Waals surface area contributed by atoms with Gasteiger partial charge in [0, 0.05) is 35.1 Å². The van der Waals surface area contributed by atoms with Crippen LogP contribution in [0.2, 0.25) is 0 Å². The third-order valence-corrected chi connectivity index (χ3v) is 4.92. The monoisotopic (exact) mass is 429 g/mol. The van der Waals surface area contributed by atoms with Gasteiger partial charge >= 0.3 is 0 Å². The lowest BCUT2D eigenvalue weighted by Gasteiger charge is -2.28. The second-order valence-electron chi connectivity index (χ2n) is 7.94. The van der Waals surface area contributed by atoms with Crippen LogP contribution in [0, 0.1) is 0 Å². The number of methoxy groups -OCH3 is 2. The molecule has 164 valence electrons. The molecule has 0 aromatic heterocycles. The van der Waals surface area contributed by atoms with E-state index >= 15 is 0 Å². The Balaban J connectivity index is 1.65. The Morgan fingerprint density at radius 3 is 2.22 bits per heavy atom. The molecule has 0 saturated carbocycles. The molecule has 3 aromatic carbocycles. The summed E-state index contributed by atoms with van der Waals surface area (Å²) in [6, 6.07) is 21.3. The van der Waals surface area contributed by atoms with Gasteiger partial charge in [-0.2, -0.15) is 0 Å². The predicted octanol–water partition coefficient (Wildman–Crippen LogP) is 6.10. The van der Waals surface area contributed by atoms with E-state index in [1.807, 2.05) is 80.6 Å². The largest absolute Gasteiger partial charge is 0.497 e. The smallest absolute Gasteiger partial charge is 0.205 e. The molecule has 0 aliphatic carbocycles. The zero-order valence-corrected chi connectivity index (χ0v) is 18.7. The summed E-state index contributed by atoms with van der Waals surface area (Å²) in [4.78, 5) is 4.76. The minimum atomic E-state index is -0.311. The number of aliphatic imine (C=N–C) groups is 1. The van der Waals surface area contributed by atoms with Crippen molar-refractivity contribution in [1.82, 2.24) is 0 Å². The highest BCUT2D eigenvalue weighted by Gasteiger charge is 2.21. The summed E-state index contributed by atoms with van der Waals surface area (Å²) in [7, 11) is 3.25. The molecule has 0 unspecified atom stereocenters. The van der Waals surface area contributed by atoms with Gasteiger partial charge in [0.05, 0.1) is 19.9 Å². The third-order valence-electron chi connectivity index (χ3n) is 4.92. The second kappa shape index (κ2) is 9.06. The molecule has 4 rings (SSSR count). The van der Waals surface area contributed by atoms with Crippen molar-refractivity contribution in [2.75, 3.05) is 24.9 Å². The number of hydrogen-bond donors (Lipinski definition) is 2. The van der Waals surface area contributed by atoms with Crippen LogP contribution in [-0.4, -0.2) is 25.8 Å². The zero-order valence-electron chi connectivity index (χ0n) is 18.7. The molecule has 1 aliphatic rings. The predicted molar refractivity (Wildman–Crippen MR) is 131 cm³/mol. The first-order chi connectivity index (χ1) is 15.4. The van der Waals surface area contributed by atoms with E-state index in [1.54, 1.807) is 14.2 Å². The topological polar surface area (TPSA) is 64.1 Å². The van der Waals surface area contributed by atoms with Crippen molar-refractivity contribution in [3.63, 3.8) is 0 Å². The van der Waals surface area contributed by atoms with E-state index in [1.165, 1.54) is 0 Å². The van der Waals surface area contributed by atoms with Crippen LogP contribution in [0.3, 0.4) is 0 Å². The Morgan fingerprint density at radius 1 is 0.844 bits per heavy atom. The van der Waals surface area contributed by atoms with Gasteiger partial charge in [-0.25, -0.2) is 4.99 Å². The van der Waals surface area contributed by atoms with Crippen molar-refractivity contribution >= 4 is 29.1 Å². The fraction of sp³-hybridized carbons (Fsp3) is 0.192. The minimum absolute atomic E-state index is 0.311. The fourth-order valence-electron chi connectivity index (χ4n) is 3.33. The van der Waals surface area contributed by atoms with E-state index in [0.29, 0.717) is 17.5 Å². The first-order valence-electron chi connectivity index (χ1n) is 10.4. The van der Waals surface area contributed by atoms with Crippen LogP contribution < -0.4 is 24.8 Å². The number of rotatable bonds is 5.